The Morgan fingerprint density at radius 2 is 1.67 bits per heavy atom. The molecule has 0 aliphatic heterocycles. The molecule has 2 aliphatic carbocycles. The van der Waals surface area contributed by atoms with E-state index >= 15 is 0 Å². The molecule has 0 N–H and O–H groups in total. The lowest BCUT2D eigenvalue weighted by Crippen LogP contribution is -1.87. The molecule has 0 radical (unpaired) electrons. The zero-order chi connectivity index (χ0) is 11.9. The summed E-state index contributed by atoms with van der Waals surface area (Å²) in [4.78, 5) is 11.5. The van der Waals surface area contributed by atoms with Gasteiger partial charge in [0, 0.05) is 5.56 Å². The summed E-state index contributed by atoms with van der Waals surface area (Å²) in [6.07, 6.45) is 3.28. The van der Waals surface area contributed by atoms with Gasteiger partial charge < -0.3 is 0 Å². The van der Waals surface area contributed by atoms with E-state index in [9.17, 15) is 4.79 Å². The van der Waals surface area contributed by atoms with Crippen LogP contribution in [0.1, 0.15) is 32.6 Å². The Morgan fingerprint density at radius 3 is 2.56 bits per heavy atom. The molecule has 0 saturated heterocycles. The molecule has 0 bridgehead atoms. The first-order chi connectivity index (χ1) is 8.88. The summed E-state index contributed by atoms with van der Waals surface area (Å²) in [5.74, 6) is 0. The quantitative estimate of drug-likeness (QED) is 0.317. The summed E-state index contributed by atoms with van der Waals surface area (Å²) in [6, 6.07) is 10.5. The highest BCUT2D eigenvalue weighted by atomic mass is 16.1. The molecule has 0 atom stereocenters. The monoisotopic (exact) mass is 230 g/mol. The molecular formula is C17H10O. The van der Waals surface area contributed by atoms with Crippen LogP contribution in [0.2, 0.25) is 0 Å². The second kappa shape index (κ2) is 2.64. The van der Waals surface area contributed by atoms with Crippen LogP contribution in [0.3, 0.4) is 0 Å². The van der Waals surface area contributed by atoms with Crippen LogP contribution in [0.15, 0.2) is 30.3 Å². The van der Waals surface area contributed by atoms with E-state index in [4.69, 9.17) is 0 Å². The van der Waals surface area contributed by atoms with E-state index in [-0.39, 0.29) is 0 Å². The minimum absolute atomic E-state index is 0.895. The van der Waals surface area contributed by atoms with Crippen molar-refractivity contribution in [3.05, 3.63) is 58.1 Å². The average Bonchev–Trinajstić information content (AvgIpc) is 3.26. The van der Waals surface area contributed by atoms with Gasteiger partial charge in [-0.05, 0) is 62.7 Å². The van der Waals surface area contributed by atoms with E-state index in [1.807, 2.05) is 12.1 Å². The molecule has 1 nitrogen and oxygen atoms in total. The first kappa shape index (κ1) is 8.87. The standard InChI is InChI=1S/C17H10O/c18-8-16-10-4-2-1-3-9(10)5-14-12-6-11(12)13-7-15(13)17(14)16/h1-5,8H,6-7H2. The maximum atomic E-state index is 11.5. The predicted octanol–water partition coefficient (Wildman–Crippen LogP) is 3.61. The summed E-state index contributed by atoms with van der Waals surface area (Å²) in [7, 11) is 0. The predicted molar refractivity (Wildman–Crippen MR) is 72.5 cm³/mol. The lowest BCUT2D eigenvalue weighted by atomic mass is 9.97. The molecule has 5 rings (SSSR count). The fraction of sp³-hybridized carbons (Fsp3) is 0.118. The molecule has 0 heterocycles. The maximum absolute atomic E-state index is 11.5. The zero-order valence-electron chi connectivity index (χ0n) is 9.79. The van der Waals surface area contributed by atoms with Crippen molar-refractivity contribution in [2.75, 3.05) is 0 Å². The molecule has 1 heteroatoms. The molecule has 3 aromatic carbocycles. The van der Waals surface area contributed by atoms with E-state index in [1.165, 1.54) is 32.8 Å². The van der Waals surface area contributed by atoms with Gasteiger partial charge in [-0.25, -0.2) is 0 Å². The van der Waals surface area contributed by atoms with Gasteiger partial charge in [0.25, 0.3) is 0 Å². The van der Waals surface area contributed by atoms with Crippen LogP contribution in [0.4, 0.5) is 0 Å². The van der Waals surface area contributed by atoms with Crippen LogP contribution >= 0.6 is 0 Å². The number of rotatable bonds is 1. The lowest BCUT2D eigenvalue weighted by Gasteiger charge is -2.06. The van der Waals surface area contributed by atoms with Crippen LogP contribution in [-0.4, -0.2) is 6.29 Å². The highest BCUT2D eigenvalue weighted by Gasteiger charge is 2.36. The first-order valence-electron chi connectivity index (χ1n) is 6.34. The fourth-order valence-electron chi connectivity index (χ4n) is 3.40. The topological polar surface area (TPSA) is 17.1 Å². The third-order valence-corrected chi connectivity index (χ3v) is 4.38. The van der Waals surface area contributed by atoms with Gasteiger partial charge in [0.05, 0.1) is 0 Å². The SMILES string of the molecule is O=Cc1c2ccccc2cc2c3c(c4c(c12)C4)C3. The van der Waals surface area contributed by atoms with Crippen LogP contribution in [0.5, 0.6) is 0 Å². The summed E-state index contributed by atoms with van der Waals surface area (Å²) >= 11 is 0. The lowest BCUT2D eigenvalue weighted by molar-refractivity contribution is 0.112. The van der Waals surface area contributed by atoms with Gasteiger partial charge in [0.15, 0.2) is 6.29 Å². The van der Waals surface area contributed by atoms with E-state index in [0.29, 0.717) is 0 Å². The van der Waals surface area contributed by atoms with Crippen molar-refractivity contribution in [3.8, 4) is 0 Å². The van der Waals surface area contributed by atoms with Gasteiger partial charge >= 0.3 is 0 Å². The summed E-state index contributed by atoms with van der Waals surface area (Å²) in [5.41, 5.74) is 6.89. The summed E-state index contributed by atoms with van der Waals surface area (Å²) < 4.78 is 0. The first-order valence-corrected chi connectivity index (χ1v) is 6.34. The molecular weight excluding hydrogens is 220 g/mol. The Labute approximate surface area is 104 Å². The number of carbonyl (C=O) groups excluding carboxylic acids is 1. The van der Waals surface area contributed by atoms with Crippen LogP contribution in [0.25, 0.3) is 21.5 Å². The second-order valence-electron chi connectivity index (χ2n) is 5.32. The van der Waals surface area contributed by atoms with Crippen molar-refractivity contribution in [1.29, 1.82) is 0 Å². The van der Waals surface area contributed by atoms with Gasteiger partial charge in [0.1, 0.15) is 0 Å². The summed E-state index contributed by atoms with van der Waals surface area (Å²) in [5, 5.41) is 4.83. The van der Waals surface area contributed by atoms with Crippen LogP contribution < -0.4 is 0 Å². The third-order valence-electron chi connectivity index (χ3n) is 4.38. The molecule has 84 valence electrons. The van der Waals surface area contributed by atoms with Crippen molar-refractivity contribution >= 4 is 27.8 Å². The minimum Gasteiger partial charge on any atom is -0.298 e. The Balaban J connectivity index is 2.13. The number of fused-ring (bicyclic) bond motifs is 7. The van der Waals surface area contributed by atoms with Gasteiger partial charge in [-0.15, -0.1) is 0 Å². The van der Waals surface area contributed by atoms with Gasteiger partial charge in [-0.2, -0.15) is 0 Å². The van der Waals surface area contributed by atoms with Crippen molar-refractivity contribution in [2.45, 2.75) is 12.8 Å². The summed E-state index contributed by atoms with van der Waals surface area (Å²) in [6.45, 7) is 0. The number of hydrogen-bond donors (Lipinski definition) is 0. The molecule has 0 unspecified atom stereocenters. The Bertz CT molecular complexity index is 887. The normalized spacial score (nSPS) is 14.4. The van der Waals surface area contributed by atoms with Gasteiger partial charge in [-0.3, -0.25) is 4.79 Å². The maximum Gasteiger partial charge on any atom is 0.151 e. The number of hydrogen-bond acceptors (Lipinski definition) is 1. The average molecular weight is 230 g/mol. The van der Waals surface area contributed by atoms with Gasteiger partial charge in [0.2, 0.25) is 0 Å². The second-order valence-corrected chi connectivity index (χ2v) is 5.32. The molecule has 0 aromatic heterocycles. The minimum atomic E-state index is 0.895. The molecule has 3 aromatic rings. The Morgan fingerprint density at radius 1 is 0.889 bits per heavy atom. The molecule has 0 amide bonds. The number of aldehydes is 1. The molecule has 0 fully saturated rings. The Hall–Kier alpha value is -2.15. The highest BCUT2D eigenvalue weighted by Crippen LogP contribution is 2.51. The highest BCUT2D eigenvalue weighted by molar-refractivity contribution is 6.16. The fourth-order valence-corrected chi connectivity index (χ4v) is 3.40. The largest absolute Gasteiger partial charge is 0.298 e. The van der Waals surface area contributed by atoms with Crippen molar-refractivity contribution in [3.63, 3.8) is 0 Å². The van der Waals surface area contributed by atoms with E-state index in [2.05, 4.69) is 18.2 Å². The number of carbonyl (C=O) groups is 1. The smallest absolute Gasteiger partial charge is 0.151 e. The van der Waals surface area contributed by atoms with E-state index in [1.54, 1.807) is 5.56 Å². The molecule has 2 aliphatic rings. The van der Waals surface area contributed by atoms with Gasteiger partial charge in [-0.1, -0.05) is 24.3 Å². The zero-order valence-corrected chi connectivity index (χ0v) is 9.79. The Kier molecular flexibility index (Phi) is 1.30. The van der Waals surface area contributed by atoms with Crippen molar-refractivity contribution < 1.29 is 4.79 Å². The van der Waals surface area contributed by atoms with Crippen molar-refractivity contribution in [2.24, 2.45) is 0 Å². The third kappa shape index (κ3) is 0.884. The van der Waals surface area contributed by atoms with Crippen LogP contribution in [0, 0.1) is 0 Å². The van der Waals surface area contributed by atoms with E-state index in [0.717, 1.165) is 30.1 Å². The van der Waals surface area contributed by atoms with Crippen LogP contribution in [-0.2, 0) is 12.8 Å². The van der Waals surface area contributed by atoms with E-state index < -0.39 is 0 Å². The molecule has 0 spiro atoms. The molecule has 18 heavy (non-hydrogen) atoms. The number of benzene rings is 3. The molecule has 0 saturated carbocycles. The van der Waals surface area contributed by atoms with Crippen molar-refractivity contribution in [1.82, 2.24) is 0 Å².